The van der Waals surface area contributed by atoms with Crippen LogP contribution in [0.1, 0.15) is 27.0 Å². The molecule has 0 saturated heterocycles. The number of carbonyl (C=O) groups is 1. The maximum atomic E-state index is 13.2. The van der Waals surface area contributed by atoms with Crippen LogP contribution in [0.2, 0.25) is 0 Å². The smallest absolute Gasteiger partial charge is 0.340 e. The van der Waals surface area contributed by atoms with E-state index in [9.17, 15) is 4.79 Å². The Labute approximate surface area is 251 Å². The molecule has 7 heteroatoms. The highest BCUT2D eigenvalue weighted by Gasteiger charge is 2.53. The Morgan fingerprint density at radius 1 is 0.558 bits per heavy atom. The standard InChI is InChI=1S/C36H32N4O3/c1-39(2)27-15-9-23(10-16-27)37-25-13-19-31-33(21-25)42-34-22-26(38-24-11-17-28(18-12-24)40(3)4)14-20-32(34)36(31)30-8-6-5-7-29(30)35(41)43-36/h5-22,37-38H,1-4H3. The van der Waals surface area contributed by atoms with Gasteiger partial charge in [0.05, 0.1) is 5.56 Å². The highest BCUT2D eigenvalue weighted by molar-refractivity contribution is 5.97. The lowest BCUT2D eigenvalue weighted by Crippen LogP contribution is -2.33. The Hall–Kier alpha value is -5.43. The van der Waals surface area contributed by atoms with Crippen LogP contribution in [0.25, 0.3) is 0 Å². The third kappa shape index (κ3) is 4.50. The number of benzene rings is 5. The van der Waals surface area contributed by atoms with Crippen molar-refractivity contribution in [2.24, 2.45) is 0 Å². The number of esters is 1. The first-order valence-electron chi connectivity index (χ1n) is 14.2. The van der Waals surface area contributed by atoms with E-state index >= 15 is 0 Å². The van der Waals surface area contributed by atoms with Gasteiger partial charge in [0.15, 0.2) is 5.60 Å². The molecule has 214 valence electrons. The normalized spacial score (nSPS) is 13.7. The Bertz CT molecular complexity index is 1740. The molecule has 7 rings (SSSR count). The van der Waals surface area contributed by atoms with Crippen LogP contribution in [-0.2, 0) is 10.3 Å². The molecule has 0 atom stereocenters. The highest BCUT2D eigenvalue weighted by atomic mass is 16.6. The number of nitrogens with one attached hydrogen (secondary N) is 2. The van der Waals surface area contributed by atoms with Crippen LogP contribution >= 0.6 is 0 Å². The Kier molecular flexibility index (Phi) is 6.24. The number of nitrogens with zero attached hydrogens (tertiary/aromatic N) is 2. The number of hydrogen-bond donors (Lipinski definition) is 2. The summed E-state index contributed by atoms with van der Waals surface area (Å²) in [6, 6.07) is 36.0. The van der Waals surface area contributed by atoms with E-state index in [0.717, 1.165) is 50.8 Å². The topological polar surface area (TPSA) is 66.1 Å². The number of fused-ring (bicyclic) bond motifs is 6. The van der Waals surface area contributed by atoms with Crippen molar-refractivity contribution in [3.05, 3.63) is 131 Å². The van der Waals surface area contributed by atoms with Gasteiger partial charge >= 0.3 is 5.97 Å². The lowest BCUT2D eigenvalue weighted by atomic mass is 9.77. The van der Waals surface area contributed by atoms with E-state index in [1.54, 1.807) is 0 Å². The van der Waals surface area contributed by atoms with Crippen LogP contribution in [0.15, 0.2) is 109 Å². The van der Waals surface area contributed by atoms with E-state index in [-0.39, 0.29) is 5.97 Å². The fourth-order valence-electron chi connectivity index (χ4n) is 5.85. The van der Waals surface area contributed by atoms with Crippen molar-refractivity contribution in [2.45, 2.75) is 5.60 Å². The summed E-state index contributed by atoms with van der Waals surface area (Å²) in [6.45, 7) is 0. The summed E-state index contributed by atoms with van der Waals surface area (Å²) in [7, 11) is 8.08. The average Bonchev–Trinajstić information content (AvgIpc) is 3.30. The molecule has 0 unspecified atom stereocenters. The van der Waals surface area contributed by atoms with Gasteiger partial charge in [-0.05, 0) is 78.9 Å². The van der Waals surface area contributed by atoms with Gasteiger partial charge in [0.2, 0.25) is 0 Å². The molecule has 0 amide bonds. The number of anilines is 6. The summed E-state index contributed by atoms with van der Waals surface area (Å²) in [6.07, 6.45) is 0. The molecule has 2 aliphatic rings. The van der Waals surface area contributed by atoms with Crippen molar-refractivity contribution in [3.63, 3.8) is 0 Å². The highest BCUT2D eigenvalue weighted by Crippen LogP contribution is 2.57. The minimum atomic E-state index is -1.12. The van der Waals surface area contributed by atoms with Gasteiger partial charge in [-0.1, -0.05) is 18.2 Å². The number of hydrogen-bond acceptors (Lipinski definition) is 7. The molecule has 0 bridgehead atoms. The third-order valence-electron chi connectivity index (χ3n) is 8.06. The van der Waals surface area contributed by atoms with Gasteiger partial charge in [0, 0.05) is 91.1 Å². The van der Waals surface area contributed by atoms with Crippen LogP contribution in [0.4, 0.5) is 34.1 Å². The molecule has 5 aromatic rings. The average molecular weight is 569 g/mol. The quantitative estimate of drug-likeness (QED) is 0.202. The Balaban J connectivity index is 1.29. The Morgan fingerprint density at radius 3 is 1.51 bits per heavy atom. The number of ether oxygens (including phenoxy) is 2. The van der Waals surface area contributed by atoms with Gasteiger partial charge in [-0.25, -0.2) is 4.79 Å². The summed E-state index contributed by atoms with van der Waals surface area (Å²) < 4.78 is 12.9. The monoisotopic (exact) mass is 568 g/mol. The first-order chi connectivity index (χ1) is 20.8. The van der Waals surface area contributed by atoms with Gasteiger partial charge in [-0.2, -0.15) is 0 Å². The summed E-state index contributed by atoms with van der Waals surface area (Å²) >= 11 is 0. The Morgan fingerprint density at radius 2 is 1.02 bits per heavy atom. The second-order valence-corrected chi connectivity index (χ2v) is 11.3. The fourth-order valence-corrected chi connectivity index (χ4v) is 5.85. The largest absolute Gasteiger partial charge is 0.456 e. The molecule has 2 N–H and O–H groups in total. The molecule has 7 nitrogen and oxygen atoms in total. The predicted octanol–water partition coefficient (Wildman–Crippen LogP) is 7.87. The summed E-state index contributed by atoms with van der Waals surface area (Å²) in [5.41, 5.74) is 7.72. The maximum Gasteiger partial charge on any atom is 0.340 e. The zero-order chi connectivity index (χ0) is 29.7. The molecule has 2 heterocycles. The van der Waals surface area contributed by atoms with E-state index in [4.69, 9.17) is 9.47 Å². The van der Waals surface area contributed by atoms with Crippen LogP contribution in [-0.4, -0.2) is 34.2 Å². The van der Waals surface area contributed by atoms with E-state index < -0.39 is 5.60 Å². The molecule has 0 radical (unpaired) electrons. The molecule has 2 aliphatic heterocycles. The number of carbonyl (C=O) groups excluding carboxylic acids is 1. The molecule has 1 spiro atoms. The van der Waals surface area contributed by atoms with Crippen molar-refractivity contribution >= 4 is 40.1 Å². The fraction of sp³-hybridized carbons (Fsp3) is 0.139. The maximum absolute atomic E-state index is 13.2. The van der Waals surface area contributed by atoms with Crippen LogP contribution in [0, 0.1) is 0 Å². The molecule has 0 aliphatic carbocycles. The van der Waals surface area contributed by atoms with Crippen molar-refractivity contribution in [3.8, 4) is 11.5 Å². The van der Waals surface area contributed by atoms with Gasteiger partial charge in [0.25, 0.3) is 0 Å². The lowest BCUT2D eigenvalue weighted by molar-refractivity contribution is 0.0224. The van der Waals surface area contributed by atoms with E-state index in [2.05, 4.69) is 44.7 Å². The van der Waals surface area contributed by atoms with Gasteiger partial charge in [-0.3, -0.25) is 0 Å². The summed E-state index contributed by atoms with van der Waals surface area (Å²) in [5.74, 6) is 0.902. The van der Waals surface area contributed by atoms with Crippen molar-refractivity contribution < 1.29 is 14.3 Å². The first kappa shape index (κ1) is 26.5. The van der Waals surface area contributed by atoms with E-state index in [0.29, 0.717) is 17.1 Å². The summed E-state index contributed by atoms with van der Waals surface area (Å²) in [4.78, 5) is 17.4. The van der Waals surface area contributed by atoms with Gasteiger partial charge in [-0.15, -0.1) is 0 Å². The van der Waals surface area contributed by atoms with Gasteiger partial charge in [0.1, 0.15) is 11.5 Å². The zero-order valence-corrected chi connectivity index (χ0v) is 24.5. The minimum absolute atomic E-state index is 0.347. The van der Waals surface area contributed by atoms with Crippen LogP contribution < -0.4 is 25.2 Å². The third-order valence-corrected chi connectivity index (χ3v) is 8.06. The van der Waals surface area contributed by atoms with Crippen molar-refractivity contribution in [1.29, 1.82) is 0 Å². The second kappa shape index (κ2) is 10.1. The minimum Gasteiger partial charge on any atom is -0.456 e. The lowest BCUT2D eigenvalue weighted by Gasteiger charge is -2.37. The van der Waals surface area contributed by atoms with E-state index in [1.807, 2.05) is 113 Å². The van der Waals surface area contributed by atoms with E-state index in [1.165, 1.54) is 0 Å². The molecular weight excluding hydrogens is 536 g/mol. The van der Waals surface area contributed by atoms with Crippen LogP contribution in [0.5, 0.6) is 11.5 Å². The van der Waals surface area contributed by atoms with Crippen molar-refractivity contribution in [1.82, 2.24) is 0 Å². The zero-order valence-electron chi connectivity index (χ0n) is 24.5. The SMILES string of the molecule is CN(C)c1ccc(Nc2ccc3c(c2)Oc2cc(Nc4ccc(N(C)C)cc4)ccc2C32OC(=O)c3ccccc32)cc1. The molecule has 0 aromatic heterocycles. The number of rotatable bonds is 6. The van der Waals surface area contributed by atoms with Crippen LogP contribution in [0.3, 0.4) is 0 Å². The molecule has 5 aromatic carbocycles. The predicted molar refractivity (Wildman–Crippen MR) is 173 cm³/mol. The van der Waals surface area contributed by atoms with Crippen molar-refractivity contribution in [2.75, 3.05) is 48.6 Å². The molecular formula is C36H32N4O3. The molecule has 0 saturated carbocycles. The molecule has 43 heavy (non-hydrogen) atoms. The molecule has 0 fully saturated rings. The summed E-state index contributed by atoms with van der Waals surface area (Å²) in [5, 5.41) is 6.97. The second-order valence-electron chi connectivity index (χ2n) is 11.3. The van der Waals surface area contributed by atoms with Gasteiger partial charge < -0.3 is 29.9 Å². The first-order valence-corrected chi connectivity index (χ1v) is 14.2.